The SMILES string of the molecule is O=c1[nH]c(-c2cccnc2)c2ccccc2c1Cc1cccnc1. The van der Waals surface area contributed by atoms with E-state index in [1.54, 1.807) is 24.8 Å². The molecule has 0 unspecified atom stereocenters. The summed E-state index contributed by atoms with van der Waals surface area (Å²) in [5.74, 6) is 0. The molecule has 3 aromatic heterocycles. The van der Waals surface area contributed by atoms with Gasteiger partial charge in [0.25, 0.3) is 5.56 Å². The Morgan fingerprint density at radius 3 is 2.29 bits per heavy atom. The third-order valence-electron chi connectivity index (χ3n) is 4.09. The van der Waals surface area contributed by atoms with Gasteiger partial charge < -0.3 is 4.98 Å². The van der Waals surface area contributed by atoms with Crippen molar-refractivity contribution in [1.82, 2.24) is 15.0 Å². The number of aromatic nitrogens is 3. The standard InChI is InChI=1S/C20H15N3O/c24-20-18(11-14-5-3-9-21-12-14)16-7-1-2-8-17(16)19(23-20)15-6-4-10-22-13-15/h1-10,12-13H,11H2,(H,23,24). The van der Waals surface area contributed by atoms with E-state index in [1.165, 1.54) is 0 Å². The average molecular weight is 313 g/mol. The molecule has 4 heteroatoms. The Balaban J connectivity index is 1.94. The lowest BCUT2D eigenvalue weighted by Crippen LogP contribution is -2.15. The Bertz CT molecular complexity index is 1040. The zero-order chi connectivity index (χ0) is 16.4. The van der Waals surface area contributed by atoms with Crippen LogP contribution in [0.5, 0.6) is 0 Å². The fourth-order valence-electron chi connectivity index (χ4n) is 2.96. The predicted molar refractivity (Wildman–Crippen MR) is 94.8 cm³/mol. The number of pyridine rings is 3. The van der Waals surface area contributed by atoms with Crippen LogP contribution in [0.2, 0.25) is 0 Å². The number of nitrogens with zero attached hydrogens (tertiary/aromatic N) is 2. The van der Waals surface area contributed by atoms with Crippen molar-refractivity contribution in [3.63, 3.8) is 0 Å². The first-order valence-corrected chi connectivity index (χ1v) is 7.76. The molecule has 1 aromatic carbocycles. The number of nitrogens with one attached hydrogen (secondary N) is 1. The van der Waals surface area contributed by atoms with Crippen LogP contribution in [-0.2, 0) is 6.42 Å². The first-order valence-electron chi connectivity index (χ1n) is 7.76. The van der Waals surface area contributed by atoms with Gasteiger partial charge in [0, 0.05) is 47.7 Å². The van der Waals surface area contributed by atoms with Gasteiger partial charge in [0.15, 0.2) is 0 Å². The number of H-pyrrole nitrogens is 1. The molecule has 4 rings (SSSR count). The highest BCUT2D eigenvalue weighted by atomic mass is 16.1. The van der Waals surface area contributed by atoms with Crippen LogP contribution in [-0.4, -0.2) is 15.0 Å². The lowest BCUT2D eigenvalue weighted by Gasteiger charge is -2.11. The van der Waals surface area contributed by atoms with Crippen LogP contribution in [0, 0.1) is 0 Å². The smallest absolute Gasteiger partial charge is 0.252 e. The van der Waals surface area contributed by atoms with Crippen molar-refractivity contribution in [2.45, 2.75) is 6.42 Å². The molecule has 0 spiro atoms. The summed E-state index contributed by atoms with van der Waals surface area (Å²) in [6.07, 6.45) is 7.57. The van der Waals surface area contributed by atoms with Crippen molar-refractivity contribution < 1.29 is 0 Å². The van der Waals surface area contributed by atoms with E-state index >= 15 is 0 Å². The molecule has 0 aliphatic rings. The minimum absolute atomic E-state index is 0.0728. The summed E-state index contributed by atoms with van der Waals surface area (Å²) in [5.41, 5.74) is 3.40. The summed E-state index contributed by atoms with van der Waals surface area (Å²) in [7, 11) is 0. The van der Waals surface area contributed by atoms with Crippen LogP contribution < -0.4 is 5.56 Å². The second-order valence-corrected chi connectivity index (χ2v) is 5.63. The van der Waals surface area contributed by atoms with Crippen LogP contribution in [0.4, 0.5) is 0 Å². The van der Waals surface area contributed by atoms with E-state index in [0.717, 1.165) is 33.2 Å². The fraction of sp³-hybridized carbons (Fsp3) is 0.0500. The highest BCUT2D eigenvalue weighted by Crippen LogP contribution is 2.27. The second-order valence-electron chi connectivity index (χ2n) is 5.63. The molecule has 4 nitrogen and oxygen atoms in total. The molecular formula is C20H15N3O. The van der Waals surface area contributed by atoms with Crippen molar-refractivity contribution in [2.75, 3.05) is 0 Å². The van der Waals surface area contributed by atoms with Crippen LogP contribution in [0.1, 0.15) is 11.1 Å². The quantitative estimate of drug-likeness (QED) is 0.629. The maximum atomic E-state index is 12.7. The molecule has 24 heavy (non-hydrogen) atoms. The van der Waals surface area contributed by atoms with E-state index in [-0.39, 0.29) is 5.56 Å². The minimum atomic E-state index is -0.0728. The van der Waals surface area contributed by atoms with E-state index in [2.05, 4.69) is 15.0 Å². The Morgan fingerprint density at radius 1 is 0.833 bits per heavy atom. The zero-order valence-electron chi connectivity index (χ0n) is 12.9. The van der Waals surface area contributed by atoms with Gasteiger partial charge >= 0.3 is 0 Å². The number of benzene rings is 1. The molecule has 0 aliphatic heterocycles. The lowest BCUT2D eigenvalue weighted by molar-refractivity contribution is 1.10. The van der Waals surface area contributed by atoms with Crippen molar-refractivity contribution in [1.29, 1.82) is 0 Å². The molecular weight excluding hydrogens is 298 g/mol. The normalized spacial score (nSPS) is 10.8. The Morgan fingerprint density at radius 2 is 1.58 bits per heavy atom. The number of rotatable bonds is 3. The van der Waals surface area contributed by atoms with Crippen molar-refractivity contribution in [3.8, 4) is 11.3 Å². The molecule has 116 valence electrons. The fourth-order valence-corrected chi connectivity index (χ4v) is 2.96. The monoisotopic (exact) mass is 313 g/mol. The van der Waals surface area contributed by atoms with Gasteiger partial charge in [-0.15, -0.1) is 0 Å². The summed E-state index contributed by atoms with van der Waals surface area (Å²) in [6.45, 7) is 0. The highest BCUT2D eigenvalue weighted by molar-refractivity contribution is 5.96. The Hall–Kier alpha value is -3.27. The highest BCUT2D eigenvalue weighted by Gasteiger charge is 2.12. The molecule has 0 atom stereocenters. The number of aromatic amines is 1. The molecule has 0 fully saturated rings. The first kappa shape index (κ1) is 14.3. The van der Waals surface area contributed by atoms with Gasteiger partial charge in [-0.3, -0.25) is 14.8 Å². The second kappa shape index (κ2) is 6.08. The molecule has 1 N–H and O–H groups in total. The molecule has 0 aliphatic carbocycles. The minimum Gasteiger partial charge on any atom is -0.321 e. The third-order valence-corrected chi connectivity index (χ3v) is 4.09. The Labute approximate surface area is 138 Å². The average Bonchev–Trinajstić information content (AvgIpc) is 2.65. The number of hydrogen-bond donors (Lipinski definition) is 1. The summed E-state index contributed by atoms with van der Waals surface area (Å²) in [6, 6.07) is 15.6. The Kier molecular flexibility index (Phi) is 3.63. The molecule has 0 radical (unpaired) electrons. The number of hydrogen-bond acceptors (Lipinski definition) is 3. The summed E-state index contributed by atoms with van der Waals surface area (Å²) in [4.78, 5) is 24.1. The third kappa shape index (κ3) is 2.58. The van der Waals surface area contributed by atoms with Crippen LogP contribution in [0.25, 0.3) is 22.0 Å². The van der Waals surface area contributed by atoms with Gasteiger partial charge in [-0.2, -0.15) is 0 Å². The van der Waals surface area contributed by atoms with Gasteiger partial charge in [-0.25, -0.2) is 0 Å². The van der Waals surface area contributed by atoms with Gasteiger partial charge in [-0.1, -0.05) is 30.3 Å². The van der Waals surface area contributed by atoms with E-state index in [1.807, 2.05) is 48.5 Å². The lowest BCUT2D eigenvalue weighted by atomic mass is 9.98. The molecule has 3 heterocycles. The molecule has 0 amide bonds. The molecule has 0 bridgehead atoms. The largest absolute Gasteiger partial charge is 0.321 e. The van der Waals surface area contributed by atoms with Crippen molar-refractivity contribution >= 4 is 10.8 Å². The van der Waals surface area contributed by atoms with Gasteiger partial charge in [0.05, 0.1) is 5.69 Å². The molecule has 0 saturated carbocycles. The zero-order valence-corrected chi connectivity index (χ0v) is 12.9. The van der Waals surface area contributed by atoms with E-state index in [0.29, 0.717) is 6.42 Å². The van der Waals surface area contributed by atoms with E-state index in [4.69, 9.17) is 0 Å². The first-order chi connectivity index (χ1) is 11.8. The van der Waals surface area contributed by atoms with Gasteiger partial charge in [-0.05, 0) is 29.1 Å². The van der Waals surface area contributed by atoms with Crippen molar-refractivity contribution in [3.05, 3.63) is 94.8 Å². The van der Waals surface area contributed by atoms with E-state index in [9.17, 15) is 4.79 Å². The van der Waals surface area contributed by atoms with Gasteiger partial charge in [0.1, 0.15) is 0 Å². The summed E-state index contributed by atoms with van der Waals surface area (Å²) >= 11 is 0. The van der Waals surface area contributed by atoms with Crippen LogP contribution in [0.15, 0.2) is 78.1 Å². The summed E-state index contributed by atoms with van der Waals surface area (Å²) < 4.78 is 0. The summed E-state index contributed by atoms with van der Waals surface area (Å²) in [5, 5.41) is 1.98. The molecule has 4 aromatic rings. The topological polar surface area (TPSA) is 58.6 Å². The number of fused-ring (bicyclic) bond motifs is 1. The maximum Gasteiger partial charge on any atom is 0.252 e. The van der Waals surface area contributed by atoms with Crippen molar-refractivity contribution in [2.24, 2.45) is 0 Å². The van der Waals surface area contributed by atoms with Gasteiger partial charge in [0.2, 0.25) is 0 Å². The molecule has 0 saturated heterocycles. The van der Waals surface area contributed by atoms with E-state index < -0.39 is 0 Å². The predicted octanol–water partition coefficient (Wildman–Crippen LogP) is 3.58. The van der Waals surface area contributed by atoms with Crippen LogP contribution in [0.3, 0.4) is 0 Å². The maximum absolute atomic E-state index is 12.7. The van der Waals surface area contributed by atoms with Crippen LogP contribution >= 0.6 is 0 Å².